The van der Waals surface area contributed by atoms with Crippen LogP contribution >= 0.6 is 0 Å². The van der Waals surface area contributed by atoms with Gasteiger partial charge in [-0.25, -0.2) is 4.79 Å². The summed E-state index contributed by atoms with van der Waals surface area (Å²) in [4.78, 5) is 22.1. The van der Waals surface area contributed by atoms with Crippen molar-refractivity contribution in [3.8, 4) is 0 Å². The standard InChI is InChI=1S/C12H13NO3/c1-8(13-9(2)14)10-5-4-6-11(7-10)12(15)16-3/h4-7H,1H2,2-3H3,(H,13,14). The quantitative estimate of drug-likeness (QED) is 0.785. The number of methoxy groups -OCH3 is 1. The zero-order valence-corrected chi connectivity index (χ0v) is 9.24. The van der Waals surface area contributed by atoms with Crippen LogP contribution in [0.15, 0.2) is 30.8 Å². The van der Waals surface area contributed by atoms with E-state index < -0.39 is 5.97 Å². The zero-order valence-electron chi connectivity index (χ0n) is 9.24. The normalized spacial score (nSPS) is 9.38. The molecule has 1 amide bonds. The highest BCUT2D eigenvalue weighted by atomic mass is 16.5. The maximum absolute atomic E-state index is 11.3. The molecule has 0 saturated heterocycles. The van der Waals surface area contributed by atoms with E-state index in [0.29, 0.717) is 16.8 Å². The van der Waals surface area contributed by atoms with Crippen LogP contribution in [0.5, 0.6) is 0 Å². The van der Waals surface area contributed by atoms with Crippen molar-refractivity contribution in [1.29, 1.82) is 0 Å². The van der Waals surface area contributed by atoms with E-state index >= 15 is 0 Å². The molecular weight excluding hydrogens is 206 g/mol. The number of ether oxygens (including phenoxy) is 1. The first kappa shape index (κ1) is 12.0. The molecule has 0 saturated carbocycles. The molecule has 0 radical (unpaired) electrons. The first-order valence-electron chi connectivity index (χ1n) is 4.70. The summed E-state index contributed by atoms with van der Waals surface area (Å²) in [6.45, 7) is 5.11. The van der Waals surface area contributed by atoms with Gasteiger partial charge in [0.15, 0.2) is 0 Å². The molecule has 0 fully saturated rings. The average molecular weight is 219 g/mol. The van der Waals surface area contributed by atoms with Gasteiger partial charge in [0, 0.05) is 12.6 Å². The van der Waals surface area contributed by atoms with Gasteiger partial charge in [-0.3, -0.25) is 4.79 Å². The van der Waals surface area contributed by atoms with E-state index in [4.69, 9.17) is 0 Å². The molecule has 1 aromatic carbocycles. The van der Waals surface area contributed by atoms with Gasteiger partial charge in [-0.05, 0) is 17.7 Å². The van der Waals surface area contributed by atoms with E-state index in [0.717, 1.165) is 0 Å². The van der Waals surface area contributed by atoms with Crippen LogP contribution in [0.4, 0.5) is 0 Å². The Labute approximate surface area is 93.9 Å². The lowest BCUT2D eigenvalue weighted by Gasteiger charge is -2.07. The summed E-state index contributed by atoms with van der Waals surface area (Å²) in [5, 5.41) is 2.56. The predicted octanol–water partition coefficient (Wildman–Crippen LogP) is 1.58. The predicted molar refractivity (Wildman–Crippen MR) is 60.6 cm³/mol. The van der Waals surface area contributed by atoms with Crippen LogP contribution in [-0.2, 0) is 9.53 Å². The lowest BCUT2D eigenvalue weighted by molar-refractivity contribution is -0.117. The summed E-state index contributed by atoms with van der Waals surface area (Å²) < 4.78 is 4.60. The molecule has 1 aromatic rings. The molecule has 0 bridgehead atoms. The topological polar surface area (TPSA) is 55.4 Å². The number of hydrogen-bond donors (Lipinski definition) is 1. The second-order valence-electron chi connectivity index (χ2n) is 3.23. The Morgan fingerprint density at radius 2 is 1.94 bits per heavy atom. The lowest BCUT2D eigenvalue weighted by Crippen LogP contribution is -2.17. The zero-order chi connectivity index (χ0) is 12.1. The molecular formula is C12H13NO3. The highest BCUT2D eigenvalue weighted by Gasteiger charge is 2.07. The number of amides is 1. The number of hydrogen-bond acceptors (Lipinski definition) is 3. The molecule has 0 aromatic heterocycles. The fourth-order valence-corrected chi connectivity index (χ4v) is 1.24. The van der Waals surface area contributed by atoms with Gasteiger partial charge in [-0.15, -0.1) is 0 Å². The Hall–Kier alpha value is -2.10. The third kappa shape index (κ3) is 2.95. The molecule has 16 heavy (non-hydrogen) atoms. The molecule has 0 spiro atoms. The second kappa shape index (κ2) is 5.11. The molecule has 0 unspecified atom stereocenters. The van der Waals surface area contributed by atoms with E-state index in [1.165, 1.54) is 14.0 Å². The first-order chi connectivity index (χ1) is 7.54. The molecule has 1 N–H and O–H groups in total. The van der Waals surface area contributed by atoms with Crippen molar-refractivity contribution in [2.45, 2.75) is 6.92 Å². The van der Waals surface area contributed by atoms with E-state index in [2.05, 4.69) is 16.6 Å². The monoisotopic (exact) mass is 219 g/mol. The molecule has 0 aliphatic heterocycles. The van der Waals surface area contributed by atoms with Crippen molar-refractivity contribution in [1.82, 2.24) is 5.32 Å². The van der Waals surface area contributed by atoms with Crippen LogP contribution in [0.3, 0.4) is 0 Å². The molecule has 0 heterocycles. The molecule has 4 nitrogen and oxygen atoms in total. The fraction of sp³-hybridized carbons (Fsp3) is 0.167. The maximum atomic E-state index is 11.3. The van der Waals surface area contributed by atoms with Crippen LogP contribution in [0, 0.1) is 0 Å². The Morgan fingerprint density at radius 1 is 1.31 bits per heavy atom. The molecule has 0 aliphatic carbocycles. The van der Waals surface area contributed by atoms with Crippen molar-refractivity contribution in [2.75, 3.05) is 7.11 Å². The van der Waals surface area contributed by atoms with E-state index in [1.54, 1.807) is 24.3 Å². The van der Waals surface area contributed by atoms with Crippen LogP contribution in [0.1, 0.15) is 22.8 Å². The second-order valence-corrected chi connectivity index (χ2v) is 3.23. The number of rotatable bonds is 3. The summed E-state index contributed by atoms with van der Waals surface area (Å²) in [5.41, 5.74) is 1.56. The Balaban J connectivity index is 2.94. The van der Waals surface area contributed by atoms with Crippen LogP contribution in [0.2, 0.25) is 0 Å². The van der Waals surface area contributed by atoms with Crippen molar-refractivity contribution in [3.63, 3.8) is 0 Å². The minimum Gasteiger partial charge on any atom is -0.465 e. The maximum Gasteiger partial charge on any atom is 0.337 e. The van der Waals surface area contributed by atoms with Gasteiger partial charge in [0.1, 0.15) is 0 Å². The van der Waals surface area contributed by atoms with Crippen LogP contribution in [-0.4, -0.2) is 19.0 Å². The number of carbonyl (C=O) groups excluding carboxylic acids is 2. The van der Waals surface area contributed by atoms with E-state index in [1.807, 2.05) is 0 Å². The molecule has 1 rings (SSSR count). The van der Waals surface area contributed by atoms with E-state index in [-0.39, 0.29) is 5.91 Å². The number of esters is 1. The minimum absolute atomic E-state index is 0.200. The number of benzene rings is 1. The smallest absolute Gasteiger partial charge is 0.337 e. The summed E-state index contributed by atoms with van der Waals surface area (Å²) in [5.74, 6) is -0.619. The molecule has 0 atom stereocenters. The van der Waals surface area contributed by atoms with Gasteiger partial charge in [0.2, 0.25) is 5.91 Å². The molecule has 0 aliphatic rings. The Morgan fingerprint density at radius 3 is 2.50 bits per heavy atom. The van der Waals surface area contributed by atoms with Gasteiger partial charge in [0.25, 0.3) is 0 Å². The Kier molecular flexibility index (Phi) is 3.83. The Bertz CT molecular complexity index is 438. The van der Waals surface area contributed by atoms with Crippen LogP contribution in [0.25, 0.3) is 5.70 Å². The number of carbonyl (C=O) groups is 2. The first-order valence-corrected chi connectivity index (χ1v) is 4.70. The van der Waals surface area contributed by atoms with Crippen molar-refractivity contribution >= 4 is 17.6 Å². The summed E-state index contributed by atoms with van der Waals surface area (Å²) >= 11 is 0. The number of nitrogens with one attached hydrogen (secondary N) is 1. The highest BCUT2D eigenvalue weighted by molar-refractivity contribution is 5.91. The summed E-state index contributed by atoms with van der Waals surface area (Å²) in [6, 6.07) is 6.71. The minimum atomic E-state index is -0.419. The third-order valence-electron chi connectivity index (χ3n) is 1.96. The van der Waals surface area contributed by atoms with Crippen molar-refractivity contribution < 1.29 is 14.3 Å². The molecule has 84 valence electrons. The summed E-state index contributed by atoms with van der Waals surface area (Å²) in [7, 11) is 1.32. The van der Waals surface area contributed by atoms with Crippen LogP contribution < -0.4 is 5.32 Å². The van der Waals surface area contributed by atoms with Crippen molar-refractivity contribution in [3.05, 3.63) is 42.0 Å². The van der Waals surface area contributed by atoms with Gasteiger partial charge < -0.3 is 10.1 Å². The van der Waals surface area contributed by atoms with Gasteiger partial charge in [-0.1, -0.05) is 18.7 Å². The van der Waals surface area contributed by atoms with Gasteiger partial charge in [-0.2, -0.15) is 0 Å². The SMILES string of the molecule is C=C(NC(C)=O)c1cccc(C(=O)OC)c1. The van der Waals surface area contributed by atoms with Gasteiger partial charge >= 0.3 is 5.97 Å². The highest BCUT2D eigenvalue weighted by Crippen LogP contribution is 2.12. The summed E-state index contributed by atoms with van der Waals surface area (Å²) in [6.07, 6.45) is 0. The average Bonchev–Trinajstić information content (AvgIpc) is 2.27. The largest absolute Gasteiger partial charge is 0.465 e. The van der Waals surface area contributed by atoms with E-state index in [9.17, 15) is 9.59 Å². The fourth-order valence-electron chi connectivity index (χ4n) is 1.24. The third-order valence-corrected chi connectivity index (χ3v) is 1.96. The van der Waals surface area contributed by atoms with Crippen molar-refractivity contribution in [2.24, 2.45) is 0 Å². The van der Waals surface area contributed by atoms with Gasteiger partial charge in [0.05, 0.1) is 12.7 Å². The lowest BCUT2D eigenvalue weighted by atomic mass is 10.1. The molecule has 4 heteroatoms.